The summed E-state index contributed by atoms with van der Waals surface area (Å²) in [5, 5.41) is 19.1. The van der Waals surface area contributed by atoms with Gasteiger partial charge in [-0.05, 0) is 18.2 Å². The predicted octanol–water partition coefficient (Wildman–Crippen LogP) is 2.01. The van der Waals surface area contributed by atoms with Gasteiger partial charge in [0.1, 0.15) is 5.75 Å². The third kappa shape index (κ3) is 1.27. The number of phenolic OH excluding ortho intramolecular Hbond substituents is 1. The molecule has 0 radical (unpaired) electrons. The summed E-state index contributed by atoms with van der Waals surface area (Å²) in [6.07, 6.45) is 1.84. The molecule has 3 nitrogen and oxygen atoms in total. The number of pyridine rings is 1. The minimum Gasteiger partial charge on any atom is -0.508 e. The number of nitriles is 1. The second-order valence-corrected chi connectivity index (χ2v) is 2.97. The molecule has 0 unspecified atom stereocenters. The van der Waals surface area contributed by atoms with Gasteiger partial charge in [-0.15, -0.1) is 0 Å². The largest absolute Gasteiger partial charge is 0.508 e. The van der Waals surface area contributed by atoms with E-state index in [9.17, 15) is 5.11 Å². The van der Waals surface area contributed by atoms with Gasteiger partial charge in [0.25, 0.3) is 0 Å². The van der Waals surface area contributed by atoms with Crippen LogP contribution in [0.1, 0.15) is 5.56 Å². The smallest absolute Gasteiger partial charge is 0.122 e. The van der Waals surface area contributed by atoms with Gasteiger partial charge in [0, 0.05) is 17.1 Å². The highest BCUT2D eigenvalue weighted by atomic mass is 16.3. The Morgan fingerprint density at radius 3 is 3.00 bits per heavy atom. The van der Waals surface area contributed by atoms with Crippen molar-refractivity contribution >= 4 is 10.9 Å². The number of nitrogens with zero attached hydrogens (tertiary/aromatic N) is 2. The van der Waals surface area contributed by atoms with Crippen molar-refractivity contribution in [2.75, 3.05) is 0 Å². The fourth-order valence-electron chi connectivity index (χ4n) is 1.45. The van der Waals surface area contributed by atoms with Crippen LogP contribution in [0.4, 0.5) is 0 Å². The van der Waals surface area contributed by atoms with Crippen LogP contribution in [-0.2, 0) is 6.42 Å². The number of phenols is 1. The molecule has 2 rings (SSSR count). The molecular formula is C11H8N2O. The molecule has 1 heterocycles. The summed E-state index contributed by atoms with van der Waals surface area (Å²) in [5.41, 5.74) is 1.31. The van der Waals surface area contributed by atoms with Crippen LogP contribution in [0.15, 0.2) is 30.5 Å². The van der Waals surface area contributed by atoms with E-state index in [2.05, 4.69) is 4.98 Å². The van der Waals surface area contributed by atoms with Gasteiger partial charge < -0.3 is 5.11 Å². The first kappa shape index (κ1) is 8.52. The Balaban J connectivity index is 2.77. The zero-order valence-electron chi connectivity index (χ0n) is 7.44. The van der Waals surface area contributed by atoms with Crippen molar-refractivity contribution in [3.8, 4) is 11.8 Å². The van der Waals surface area contributed by atoms with E-state index in [0.29, 0.717) is 11.1 Å². The van der Waals surface area contributed by atoms with E-state index in [1.165, 1.54) is 0 Å². The quantitative estimate of drug-likeness (QED) is 0.737. The lowest BCUT2D eigenvalue weighted by atomic mass is 10.1. The summed E-state index contributed by atoms with van der Waals surface area (Å²) >= 11 is 0. The van der Waals surface area contributed by atoms with E-state index in [1.54, 1.807) is 18.3 Å². The molecule has 3 heteroatoms. The Morgan fingerprint density at radius 2 is 2.21 bits per heavy atom. The van der Waals surface area contributed by atoms with E-state index in [-0.39, 0.29) is 12.2 Å². The third-order valence-electron chi connectivity index (χ3n) is 2.11. The second kappa shape index (κ2) is 3.35. The van der Waals surface area contributed by atoms with Crippen LogP contribution in [0, 0.1) is 11.3 Å². The summed E-state index contributed by atoms with van der Waals surface area (Å²) < 4.78 is 0. The minimum absolute atomic E-state index is 0.137. The lowest BCUT2D eigenvalue weighted by Gasteiger charge is -2.03. The Kier molecular flexibility index (Phi) is 2.04. The van der Waals surface area contributed by atoms with Crippen LogP contribution in [0.2, 0.25) is 0 Å². The van der Waals surface area contributed by atoms with E-state index in [0.717, 1.165) is 5.39 Å². The van der Waals surface area contributed by atoms with Gasteiger partial charge in [0.15, 0.2) is 0 Å². The highest BCUT2D eigenvalue weighted by molar-refractivity contribution is 5.84. The molecule has 68 valence electrons. The van der Waals surface area contributed by atoms with E-state index in [1.807, 2.05) is 18.2 Å². The average molecular weight is 184 g/mol. The van der Waals surface area contributed by atoms with Crippen LogP contribution in [0.5, 0.6) is 5.75 Å². The lowest BCUT2D eigenvalue weighted by molar-refractivity contribution is 0.471. The molecule has 1 aromatic heterocycles. The molecule has 1 aromatic carbocycles. The molecular weight excluding hydrogens is 176 g/mol. The second-order valence-electron chi connectivity index (χ2n) is 2.97. The van der Waals surface area contributed by atoms with Crippen molar-refractivity contribution in [3.63, 3.8) is 0 Å². The van der Waals surface area contributed by atoms with Crippen LogP contribution >= 0.6 is 0 Å². The molecule has 1 N–H and O–H groups in total. The molecule has 0 bridgehead atoms. The number of hydrogen-bond donors (Lipinski definition) is 1. The zero-order chi connectivity index (χ0) is 9.97. The SMILES string of the molecule is N#CCc1c(O)ccc2cccnc12. The maximum atomic E-state index is 9.55. The normalized spacial score (nSPS) is 9.93. The molecule has 2 aromatic rings. The summed E-state index contributed by atoms with van der Waals surface area (Å²) in [6, 6.07) is 9.14. The topological polar surface area (TPSA) is 56.9 Å². The molecule has 0 atom stereocenters. The molecule has 14 heavy (non-hydrogen) atoms. The molecule has 0 amide bonds. The Bertz CT molecular complexity index is 514. The highest BCUT2D eigenvalue weighted by Gasteiger charge is 2.06. The van der Waals surface area contributed by atoms with Crippen LogP contribution in [0.3, 0.4) is 0 Å². The van der Waals surface area contributed by atoms with Crippen molar-refractivity contribution in [1.82, 2.24) is 4.98 Å². The van der Waals surface area contributed by atoms with Crippen molar-refractivity contribution in [3.05, 3.63) is 36.0 Å². The van der Waals surface area contributed by atoms with E-state index < -0.39 is 0 Å². The molecule has 0 aliphatic rings. The van der Waals surface area contributed by atoms with Gasteiger partial charge in [-0.2, -0.15) is 5.26 Å². The first-order valence-corrected chi connectivity index (χ1v) is 4.25. The van der Waals surface area contributed by atoms with E-state index in [4.69, 9.17) is 5.26 Å². The van der Waals surface area contributed by atoms with Crippen LogP contribution in [-0.4, -0.2) is 10.1 Å². The number of benzene rings is 1. The summed E-state index contributed by atoms with van der Waals surface area (Å²) in [5.74, 6) is 0.137. The van der Waals surface area contributed by atoms with Gasteiger partial charge in [-0.1, -0.05) is 6.07 Å². The number of hydrogen-bond acceptors (Lipinski definition) is 3. The summed E-state index contributed by atoms with van der Waals surface area (Å²) in [4.78, 5) is 4.15. The molecule has 0 aliphatic carbocycles. The Hall–Kier alpha value is -2.08. The standard InChI is InChI=1S/C11H8N2O/c12-6-5-9-10(14)4-3-8-2-1-7-13-11(8)9/h1-4,7,14H,5H2. The van der Waals surface area contributed by atoms with Crippen LogP contribution < -0.4 is 0 Å². The van der Waals surface area contributed by atoms with Gasteiger partial charge in [-0.25, -0.2) is 0 Å². The van der Waals surface area contributed by atoms with Crippen molar-refractivity contribution < 1.29 is 5.11 Å². The summed E-state index contributed by atoms with van der Waals surface area (Å²) in [6.45, 7) is 0. The van der Waals surface area contributed by atoms with Gasteiger partial charge in [0.2, 0.25) is 0 Å². The minimum atomic E-state index is 0.137. The van der Waals surface area contributed by atoms with Gasteiger partial charge >= 0.3 is 0 Å². The molecule has 0 fully saturated rings. The molecule has 0 aliphatic heterocycles. The Labute approximate surface area is 81.2 Å². The maximum absolute atomic E-state index is 9.55. The highest BCUT2D eigenvalue weighted by Crippen LogP contribution is 2.25. The number of aromatic hydroxyl groups is 1. The molecule has 0 saturated heterocycles. The monoisotopic (exact) mass is 184 g/mol. The first-order valence-electron chi connectivity index (χ1n) is 4.25. The number of fused-ring (bicyclic) bond motifs is 1. The van der Waals surface area contributed by atoms with Crippen molar-refractivity contribution in [1.29, 1.82) is 5.26 Å². The predicted molar refractivity (Wildman–Crippen MR) is 52.7 cm³/mol. The lowest BCUT2D eigenvalue weighted by Crippen LogP contribution is -1.88. The Morgan fingerprint density at radius 1 is 1.36 bits per heavy atom. The maximum Gasteiger partial charge on any atom is 0.122 e. The fourth-order valence-corrected chi connectivity index (χ4v) is 1.45. The zero-order valence-corrected chi connectivity index (χ0v) is 7.44. The summed E-state index contributed by atoms with van der Waals surface area (Å²) in [7, 11) is 0. The van der Waals surface area contributed by atoms with Crippen LogP contribution in [0.25, 0.3) is 10.9 Å². The fraction of sp³-hybridized carbons (Fsp3) is 0.0909. The number of rotatable bonds is 1. The van der Waals surface area contributed by atoms with Crippen molar-refractivity contribution in [2.24, 2.45) is 0 Å². The number of aromatic nitrogens is 1. The average Bonchev–Trinajstić information content (AvgIpc) is 2.23. The molecule has 0 spiro atoms. The van der Waals surface area contributed by atoms with Crippen molar-refractivity contribution in [2.45, 2.75) is 6.42 Å². The first-order chi connectivity index (χ1) is 6.83. The molecule has 0 saturated carbocycles. The van der Waals surface area contributed by atoms with Gasteiger partial charge in [0.05, 0.1) is 18.0 Å². The third-order valence-corrected chi connectivity index (χ3v) is 2.11. The van der Waals surface area contributed by atoms with Gasteiger partial charge in [-0.3, -0.25) is 4.98 Å². The van der Waals surface area contributed by atoms with E-state index >= 15 is 0 Å².